The largest absolute Gasteiger partial charge is 0.389 e. The highest BCUT2D eigenvalue weighted by Gasteiger charge is 1.91. The van der Waals surface area contributed by atoms with Gasteiger partial charge < -0.3 is 5.11 Å². The summed E-state index contributed by atoms with van der Waals surface area (Å²) in [6.07, 6.45) is 11.4. The van der Waals surface area contributed by atoms with Crippen LogP contribution in [-0.2, 0) is 0 Å². The fourth-order valence-electron chi connectivity index (χ4n) is 1.54. The highest BCUT2D eigenvalue weighted by atomic mass is 16.3. The monoisotopic (exact) mass is 242 g/mol. The molecular weight excluding hydrogens is 220 g/mol. The molecule has 0 saturated carbocycles. The van der Waals surface area contributed by atoms with Crippen LogP contribution in [0.1, 0.15) is 32.3 Å². The lowest BCUT2D eigenvalue weighted by Gasteiger charge is -1.98. The highest BCUT2D eigenvalue weighted by Crippen LogP contribution is 2.10. The van der Waals surface area contributed by atoms with Gasteiger partial charge in [0, 0.05) is 0 Å². The first-order valence-corrected chi connectivity index (χ1v) is 6.54. The van der Waals surface area contributed by atoms with Crippen molar-refractivity contribution >= 4 is 6.08 Å². The van der Waals surface area contributed by atoms with Crippen LogP contribution < -0.4 is 0 Å². The molecule has 1 N–H and O–H groups in total. The third-order valence-electron chi connectivity index (χ3n) is 2.73. The molecule has 1 unspecified atom stereocenters. The maximum atomic E-state index is 9.38. The molecule has 1 atom stereocenters. The van der Waals surface area contributed by atoms with Gasteiger partial charge in [-0.2, -0.15) is 0 Å². The smallest absolute Gasteiger partial charge is 0.0721 e. The van der Waals surface area contributed by atoms with Crippen LogP contribution in [0.15, 0.2) is 60.2 Å². The van der Waals surface area contributed by atoms with Gasteiger partial charge >= 0.3 is 0 Å². The lowest BCUT2D eigenvalue weighted by Crippen LogP contribution is -1.97. The molecule has 1 nitrogen and oxygen atoms in total. The molecule has 0 aliphatic carbocycles. The van der Waals surface area contributed by atoms with E-state index in [9.17, 15) is 5.11 Å². The van der Waals surface area contributed by atoms with E-state index in [1.54, 1.807) is 0 Å². The number of aliphatic hydroxyl groups excluding tert-OH is 1. The SMILES string of the molecule is CCC(=Cc1ccccc1)/C=C/C=C/C(O)CC. The molecule has 0 aliphatic heterocycles. The van der Waals surface area contributed by atoms with Crippen LogP contribution in [0.25, 0.3) is 6.08 Å². The van der Waals surface area contributed by atoms with E-state index >= 15 is 0 Å². The minimum Gasteiger partial charge on any atom is -0.389 e. The van der Waals surface area contributed by atoms with Crippen LogP contribution in [0.5, 0.6) is 0 Å². The first-order chi connectivity index (χ1) is 8.76. The summed E-state index contributed by atoms with van der Waals surface area (Å²) in [5.74, 6) is 0. The van der Waals surface area contributed by atoms with Crippen LogP contribution in [0.2, 0.25) is 0 Å². The van der Waals surface area contributed by atoms with Crippen LogP contribution >= 0.6 is 0 Å². The predicted molar refractivity (Wildman–Crippen MR) is 79.3 cm³/mol. The van der Waals surface area contributed by atoms with Crippen LogP contribution in [-0.4, -0.2) is 11.2 Å². The Balaban J connectivity index is 2.65. The first-order valence-electron chi connectivity index (χ1n) is 6.54. The molecule has 18 heavy (non-hydrogen) atoms. The van der Waals surface area contributed by atoms with Gasteiger partial charge in [-0.05, 0) is 24.0 Å². The third kappa shape index (κ3) is 5.65. The average Bonchev–Trinajstić information content (AvgIpc) is 2.43. The number of hydrogen-bond acceptors (Lipinski definition) is 1. The van der Waals surface area contributed by atoms with E-state index in [1.807, 2.05) is 43.4 Å². The molecule has 1 aromatic rings. The summed E-state index contributed by atoms with van der Waals surface area (Å²) in [7, 11) is 0. The molecule has 0 radical (unpaired) electrons. The lowest BCUT2D eigenvalue weighted by molar-refractivity contribution is 0.219. The summed E-state index contributed by atoms with van der Waals surface area (Å²) in [5.41, 5.74) is 2.49. The van der Waals surface area contributed by atoms with Crippen molar-refractivity contribution in [1.82, 2.24) is 0 Å². The van der Waals surface area contributed by atoms with E-state index < -0.39 is 0 Å². The molecule has 0 aromatic heterocycles. The van der Waals surface area contributed by atoms with Crippen molar-refractivity contribution in [3.63, 3.8) is 0 Å². The molecule has 96 valence electrons. The molecule has 0 heterocycles. The van der Waals surface area contributed by atoms with Gasteiger partial charge in [-0.15, -0.1) is 0 Å². The van der Waals surface area contributed by atoms with Gasteiger partial charge in [0.1, 0.15) is 0 Å². The Kier molecular flexibility index (Phi) is 6.82. The van der Waals surface area contributed by atoms with Gasteiger partial charge in [0.25, 0.3) is 0 Å². The zero-order valence-electron chi connectivity index (χ0n) is 11.2. The van der Waals surface area contributed by atoms with Crippen molar-refractivity contribution in [2.45, 2.75) is 32.8 Å². The Morgan fingerprint density at radius 1 is 1.17 bits per heavy atom. The third-order valence-corrected chi connectivity index (χ3v) is 2.73. The number of allylic oxidation sites excluding steroid dienone is 4. The minimum absolute atomic E-state index is 0.335. The van der Waals surface area contributed by atoms with E-state index in [-0.39, 0.29) is 6.10 Å². The Labute approximate surface area is 110 Å². The van der Waals surface area contributed by atoms with Crippen LogP contribution in [0, 0.1) is 0 Å². The zero-order chi connectivity index (χ0) is 13.2. The second-order valence-electron chi connectivity index (χ2n) is 4.20. The number of rotatable bonds is 6. The van der Waals surface area contributed by atoms with Crippen LogP contribution in [0.3, 0.4) is 0 Å². The number of benzene rings is 1. The van der Waals surface area contributed by atoms with Gasteiger partial charge in [-0.3, -0.25) is 0 Å². The molecule has 0 aliphatic rings. The summed E-state index contributed by atoms with van der Waals surface area (Å²) >= 11 is 0. The van der Waals surface area contributed by atoms with Crippen molar-refractivity contribution in [3.05, 3.63) is 65.8 Å². The second kappa shape index (κ2) is 8.48. The van der Waals surface area contributed by atoms with Gasteiger partial charge in [-0.1, -0.05) is 74.6 Å². The molecule has 1 aromatic carbocycles. The molecule has 0 saturated heterocycles. The highest BCUT2D eigenvalue weighted by molar-refractivity contribution is 5.55. The summed E-state index contributed by atoms with van der Waals surface area (Å²) in [5, 5.41) is 9.38. The Bertz CT molecular complexity index is 412. The van der Waals surface area contributed by atoms with Crippen molar-refractivity contribution in [2.24, 2.45) is 0 Å². The minimum atomic E-state index is -0.335. The topological polar surface area (TPSA) is 20.2 Å². The standard InChI is InChI=1S/C17H22O/c1-3-15(10-8-9-13-17(18)4-2)14-16-11-6-5-7-12-16/h5-14,17-18H,3-4H2,1-2H3/b10-8+,13-9+,15-14?. The van der Waals surface area contributed by atoms with E-state index in [2.05, 4.69) is 31.2 Å². The second-order valence-corrected chi connectivity index (χ2v) is 4.20. The predicted octanol–water partition coefficient (Wildman–Crippen LogP) is 4.36. The lowest BCUT2D eigenvalue weighted by atomic mass is 10.1. The zero-order valence-corrected chi connectivity index (χ0v) is 11.2. The normalized spacial score (nSPS) is 14.5. The van der Waals surface area contributed by atoms with E-state index in [1.165, 1.54) is 11.1 Å². The van der Waals surface area contributed by atoms with Gasteiger partial charge in [0.2, 0.25) is 0 Å². The van der Waals surface area contributed by atoms with Gasteiger partial charge in [-0.25, -0.2) is 0 Å². The van der Waals surface area contributed by atoms with Crippen molar-refractivity contribution in [1.29, 1.82) is 0 Å². The summed E-state index contributed by atoms with van der Waals surface area (Å²) in [6.45, 7) is 4.11. The van der Waals surface area contributed by atoms with Crippen LogP contribution in [0.4, 0.5) is 0 Å². The molecule has 0 spiro atoms. The first kappa shape index (κ1) is 14.5. The molecule has 1 heteroatoms. The van der Waals surface area contributed by atoms with E-state index in [0.717, 1.165) is 12.8 Å². The molecule has 0 amide bonds. The Morgan fingerprint density at radius 3 is 2.50 bits per heavy atom. The fraction of sp³-hybridized carbons (Fsp3) is 0.294. The Morgan fingerprint density at radius 2 is 1.89 bits per heavy atom. The van der Waals surface area contributed by atoms with Gasteiger partial charge in [0.05, 0.1) is 6.10 Å². The molecule has 0 bridgehead atoms. The van der Waals surface area contributed by atoms with Crippen molar-refractivity contribution < 1.29 is 5.11 Å². The molecule has 0 fully saturated rings. The summed E-state index contributed by atoms with van der Waals surface area (Å²) < 4.78 is 0. The maximum absolute atomic E-state index is 9.38. The fourth-order valence-corrected chi connectivity index (χ4v) is 1.54. The average molecular weight is 242 g/mol. The quantitative estimate of drug-likeness (QED) is 0.735. The maximum Gasteiger partial charge on any atom is 0.0721 e. The number of aliphatic hydroxyl groups is 1. The summed E-state index contributed by atoms with van der Waals surface area (Å²) in [6, 6.07) is 10.3. The van der Waals surface area contributed by atoms with E-state index in [0.29, 0.717) is 0 Å². The van der Waals surface area contributed by atoms with Crippen molar-refractivity contribution in [3.8, 4) is 0 Å². The molecule has 1 rings (SSSR count). The Hall–Kier alpha value is -1.60. The van der Waals surface area contributed by atoms with Crippen molar-refractivity contribution in [2.75, 3.05) is 0 Å². The van der Waals surface area contributed by atoms with E-state index in [4.69, 9.17) is 0 Å². The number of hydrogen-bond donors (Lipinski definition) is 1. The summed E-state index contributed by atoms with van der Waals surface area (Å²) in [4.78, 5) is 0. The van der Waals surface area contributed by atoms with Gasteiger partial charge in [0.15, 0.2) is 0 Å². The molecular formula is C17H22O.